The number of amides is 4. The number of hydrogen-bond donors (Lipinski definition) is 2. The van der Waals surface area contributed by atoms with E-state index in [2.05, 4.69) is 16.7 Å². The zero-order valence-electron chi connectivity index (χ0n) is 15.6. The molecule has 7 nitrogen and oxygen atoms in total. The number of nitriles is 1. The molecule has 4 amide bonds. The number of urea groups is 1. The predicted octanol–water partition coefficient (Wildman–Crippen LogP) is 2.42. The number of nitrogens with one attached hydrogen (secondary N) is 2. The van der Waals surface area contributed by atoms with E-state index in [0.29, 0.717) is 17.7 Å². The monoisotopic (exact) mass is 408 g/mol. The molecule has 1 aromatic rings. The Bertz CT molecular complexity index is 903. The summed E-state index contributed by atoms with van der Waals surface area (Å²) in [5.74, 6) is -1.68. The van der Waals surface area contributed by atoms with Crippen molar-refractivity contribution in [3.8, 4) is 6.07 Å². The van der Waals surface area contributed by atoms with Crippen molar-refractivity contribution in [3.63, 3.8) is 0 Å². The summed E-state index contributed by atoms with van der Waals surface area (Å²) >= 11 is 0. The lowest BCUT2D eigenvalue weighted by molar-refractivity contribution is -0.140. The van der Waals surface area contributed by atoms with Gasteiger partial charge in [-0.1, -0.05) is 18.2 Å². The minimum absolute atomic E-state index is 0.405. The fourth-order valence-corrected chi connectivity index (χ4v) is 3.88. The Morgan fingerprint density at radius 3 is 2.48 bits per heavy atom. The lowest BCUT2D eigenvalue weighted by Gasteiger charge is -2.26. The van der Waals surface area contributed by atoms with Gasteiger partial charge in [0.2, 0.25) is 5.91 Å². The zero-order chi connectivity index (χ0) is 21.4. The molecule has 0 radical (unpaired) electrons. The maximum Gasteiger partial charge on any atom is 0.416 e. The van der Waals surface area contributed by atoms with E-state index in [0.717, 1.165) is 25.0 Å². The Morgan fingerprint density at radius 1 is 1.28 bits per heavy atom. The normalized spacial score (nSPS) is 23.6. The molecule has 1 heterocycles. The fourth-order valence-electron chi connectivity index (χ4n) is 3.88. The van der Waals surface area contributed by atoms with Crippen molar-refractivity contribution in [3.05, 3.63) is 35.4 Å². The molecule has 0 bridgehead atoms. The van der Waals surface area contributed by atoms with Gasteiger partial charge < -0.3 is 10.6 Å². The van der Waals surface area contributed by atoms with Crippen molar-refractivity contribution in [2.75, 3.05) is 6.54 Å². The third-order valence-electron chi connectivity index (χ3n) is 5.40. The Hall–Kier alpha value is -3.09. The summed E-state index contributed by atoms with van der Waals surface area (Å²) in [5.41, 5.74) is -4.46. The predicted molar refractivity (Wildman–Crippen MR) is 94.0 cm³/mol. The molecule has 1 saturated carbocycles. The second-order valence-electron chi connectivity index (χ2n) is 7.44. The summed E-state index contributed by atoms with van der Waals surface area (Å²) in [4.78, 5) is 38.1. The van der Waals surface area contributed by atoms with Gasteiger partial charge in [-0.15, -0.1) is 0 Å². The maximum atomic E-state index is 13.4. The van der Waals surface area contributed by atoms with Gasteiger partial charge in [0.25, 0.3) is 5.91 Å². The van der Waals surface area contributed by atoms with Gasteiger partial charge >= 0.3 is 12.2 Å². The van der Waals surface area contributed by atoms with Gasteiger partial charge in [-0.25, -0.2) is 4.79 Å². The average Bonchev–Trinajstić information content (AvgIpc) is 3.21. The summed E-state index contributed by atoms with van der Waals surface area (Å²) in [5, 5.41) is 14.2. The Kier molecular flexibility index (Phi) is 5.03. The average molecular weight is 408 g/mol. The largest absolute Gasteiger partial charge is 0.416 e. The highest BCUT2D eigenvalue weighted by Gasteiger charge is 2.52. The molecular formula is C19H19F3N4O3. The molecule has 154 valence electrons. The highest BCUT2D eigenvalue weighted by Crippen LogP contribution is 2.39. The van der Waals surface area contributed by atoms with E-state index in [1.807, 2.05) is 0 Å². The molecule has 10 heteroatoms. The molecule has 3 rings (SSSR count). The first-order valence-electron chi connectivity index (χ1n) is 9.05. The van der Waals surface area contributed by atoms with Gasteiger partial charge in [-0.2, -0.15) is 18.4 Å². The molecule has 0 aromatic heterocycles. The van der Waals surface area contributed by atoms with Crippen LogP contribution in [0, 0.1) is 11.3 Å². The summed E-state index contributed by atoms with van der Waals surface area (Å²) in [6.45, 7) is 0.487. The standard InChI is InChI=1S/C19H19F3N4O3/c1-17(12-6-2-3-7-13(12)19(20,21)22)15(28)26(16(29)25-17)10-14(27)24-18(11-23)8-4-5-9-18/h2-3,6-7H,4-5,8-10H2,1H3,(H,24,27)(H,25,29). The molecule has 2 fully saturated rings. The highest BCUT2D eigenvalue weighted by molar-refractivity contribution is 6.09. The van der Waals surface area contributed by atoms with Gasteiger partial charge in [-0.05, 0) is 44.2 Å². The van der Waals surface area contributed by atoms with Crippen LogP contribution in [0.4, 0.5) is 18.0 Å². The van der Waals surface area contributed by atoms with Crippen molar-refractivity contribution in [1.29, 1.82) is 5.26 Å². The van der Waals surface area contributed by atoms with E-state index in [1.54, 1.807) is 0 Å². The smallest absolute Gasteiger partial charge is 0.336 e. The quantitative estimate of drug-likeness (QED) is 0.747. The fraction of sp³-hybridized carbons (Fsp3) is 0.474. The Morgan fingerprint density at radius 2 is 1.90 bits per heavy atom. The van der Waals surface area contributed by atoms with E-state index in [9.17, 15) is 32.8 Å². The van der Waals surface area contributed by atoms with Gasteiger partial charge in [0, 0.05) is 0 Å². The molecule has 1 aliphatic carbocycles. The third-order valence-corrected chi connectivity index (χ3v) is 5.40. The van der Waals surface area contributed by atoms with E-state index in [1.165, 1.54) is 19.1 Å². The Balaban J connectivity index is 1.83. The summed E-state index contributed by atoms with van der Waals surface area (Å²) in [6, 6.07) is 5.56. The second kappa shape index (κ2) is 7.06. The zero-order valence-corrected chi connectivity index (χ0v) is 15.6. The van der Waals surface area contributed by atoms with Gasteiger partial charge in [-0.3, -0.25) is 14.5 Å². The number of imide groups is 1. The lowest BCUT2D eigenvalue weighted by atomic mass is 9.87. The number of benzene rings is 1. The van der Waals surface area contributed by atoms with Gasteiger partial charge in [0.15, 0.2) is 0 Å². The highest BCUT2D eigenvalue weighted by atomic mass is 19.4. The van der Waals surface area contributed by atoms with E-state index in [-0.39, 0.29) is 0 Å². The second-order valence-corrected chi connectivity index (χ2v) is 7.44. The number of alkyl halides is 3. The van der Waals surface area contributed by atoms with Crippen LogP contribution in [0.5, 0.6) is 0 Å². The van der Waals surface area contributed by atoms with Crippen LogP contribution in [0.1, 0.15) is 43.7 Å². The van der Waals surface area contributed by atoms with Crippen molar-refractivity contribution >= 4 is 17.8 Å². The van der Waals surface area contributed by atoms with E-state index in [4.69, 9.17) is 0 Å². The van der Waals surface area contributed by atoms with Crippen molar-refractivity contribution < 1.29 is 27.6 Å². The van der Waals surface area contributed by atoms with Gasteiger partial charge in [0.1, 0.15) is 17.6 Å². The SMILES string of the molecule is CC1(c2ccccc2C(F)(F)F)NC(=O)N(CC(=O)NC2(C#N)CCCC2)C1=O. The first-order chi connectivity index (χ1) is 13.5. The lowest BCUT2D eigenvalue weighted by Crippen LogP contribution is -2.50. The molecule has 1 unspecified atom stereocenters. The van der Waals surface area contributed by atoms with E-state index >= 15 is 0 Å². The topological polar surface area (TPSA) is 102 Å². The summed E-state index contributed by atoms with van der Waals surface area (Å²) in [7, 11) is 0. The molecular weight excluding hydrogens is 389 g/mol. The van der Waals surface area contributed by atoms with Crippen LogP contribution < -0.4 is 10.6 Å². The number of nitrogens with zero attached hydrogens (tertiary/aromatic N) is 2. The van der Waals surface area contributed by atoms with Crippen LogP contribution in [0.25, 0.3) is 0 Å². The number of halogens is 3. The van der Waals surface area contributed by atoms with Crippen LogP contribution in [-0.2, 0) is 21.3 Å². The van der Waals surface area contributed by atoms with Crippen molar-refractivity contribution in [1.82, 2.24) is 15.5 Å². The number of carbonyl (C=O) groups is 3. The molecule has 1 saturated heterocycles. The van der Waals surface area contributed by atoms with Crippen LogP contribution in [0.2, 0.25) is 0 Å². The first-order valence-corrected chi connectivity index (χ1v) is 9.05. The summed E-state index contributed by atoms with van der Waals surface area (Å²) in [6.07, 6.45) is -2.26. The van der Waals surface area contributed by atoms with Crippen molar-refractivity contribution in [2.24, 2.45) is 0 Å². The minimum atomic E-state index is -4.73. The molecule has 29 heavy (non-hydrogen) atoms. The third kappa shape index (κ3) is 3.64. The van der Waals surface area contributed by atoms with Crippen LogP contribution in [-0.4, -0.2) is 34.8 Å². The van der Waals surface area contributed by atoms with Crippen LogP contribution in [0.15, 0.2) is 24.3 Å². The van der Waals surface area contributed by atoms with Gasteiger partial charge in [0.05, 0.1) is 11.6 Å². The number of hydrogen-bond acceptors (Lipinski definition) is 4. The number of carbonyl (C=O) groups excluding carboxylic acids is 3. The molecule has 0 spiro atoms. The van der Waals surface area contributed by atoms with Crippen LogP contribution >= 0.6 is 0 Å². The molecule has 2 N–H and O–H groups in total. The molecule has 1 aromatic carbocycles. The molecule has 1 atom stereocenters. The molecule has 2 aliphatic rings. The van der Waals surface area contributed by atoms with Crippen molar-refractivity contribution in [2.45, 2.75) is 49.9 Å². The minimum Gasteiger partial charge on any atom is -0.336 e. The first kappa shape index (κ1) is 20.6. The Labute approximate surface area is 164 Å². The maximum absolute atomic E-state index is 13.4. The number of rotatable bonds is 4. The molecule has 1 aliphatic heterocycles. The van der Waals surface area contributed by atoms with E-state index < -0.39 is 52.8 Å². The van der Waals surface area contributed by atoms with Crippen LogP contribution in [0.3, 0.4) is 0 Å². The summed E-state index contributed by atoms with van der Waals surface area (Å²) < 4.78 is 40.1.